The zero-order valence-electron chi connectivity index (χ0n) is 12.9. The predicted octanol–water partition coefficient (Wildman–Crippen LogP) is 3.25. The molecule has 0 aliphatic carbocycles. The summed E-state index contributed by atoms with van der Waals surface area (Å²) in [4.78, 5) is 2.23. The minimum atomic E-state index is -4.26. The number of aromatic nitrogens is 2. The van der Waals surface area contributed by atoms with Crippen molar-refractivity contribution in [2.24, 2.45) is 0 Å². The zero-order valence-corrected chi connectivity index (χ0v) is 13.7. The summed E-state index contributed by atoms with van der Waals surface area (Å²) in [6, 6.07) is 7.81. The highest BCUT2D eigenvalue weighted by Gasteiger charge is 2.29. The lowest BCUT2D eigenvalue weighted by molar-refractivity contribution is -0.142. The second-order valence-electron chi connectivity index (χ2n) is 5.91. The second kappa shape index (κ2) is 7.13. The number of nitrogens with zero attached hydrogens (tertiary/aromatic N) is 3. The Kier molecular flexibility index (Phi) is 5.12. The van der Waals surface area contributed by atoms with Crippen molar-refractivity contribution in [2.45, 2.75) is 25.3 Å². The lowest BCUT2D eigenvalue weighted by Crippen LogP contribution is -2.45. The number of alkyl halides is 3. The first-order chi connectivity index (χ1) is 11.4. The zero-order chi connectivity index (χ0) is 17.2. The van der Waals surface area contributed by atoms with Crippen LogP contribution in [-0.4, -0.2) is 40.5 Å². The topological polar surface area (TPSA) is 33.1 Å². The van der Waals surface area contributed by atoms with E-state index in [-0.39, 0.29) is 6.04 Å². The Morgan fingerprint density at radius 3 is 2.92 bits per heavy atom. The first-order valence-electron chi connectivity index (χ1n) is 7.69. The number of rotatable bonds is 4. The molecule has 1 aliphatic heterocycles. The van der Waals surface area contributed by atoms with Crippen LogP contribution in [0.5, 0.6) is 0 Å². The summed E-state index contributed by atoms with van der Waals surface area (Å²) in [5.74, 6) is 0. The number of benzene rings is 1. The minimum Gasteiger partial charge on any atom is -0.314 e. The van der Waals surface area contributed by atoms with E-state index in [4.69, 9.17) is 11.6 Å². The molecule has 0 amide bonds. The van der Waals surface area contributed by atoms with Crippen LogP contribution in [0.1, 0.15) is 17.2 Å². The molecular formula is C16H18ClF3N4. The smallest absolute Gasteiger partial charge is 0.314 e. The summed E-state index contributed by atoms with van der Waals surface area (Å²) < 4.78 is 38.3. The largest absolute Gasteiger partial charge is 0.408 e. The molecule has 1 aromatic carbocycles. The van der Waals surface area contributed by atoms with Crippen molar-refractivity contribution < 1.29 is 13.2 Å². The van der Waals surface area contributed by atoms with Gasteiger partial charge in [0.2, 0.25) is 0 Å². The number of halogens is 4. The maximum atomic E-state index is 12.4. The van der Waals surface area contributed by atoms with Crippen LogP contribution in [0.2, 0.25) is 5.02 Å². The summed E-state index contributed by atoms with van der Waals surface area (Å²) in [7, 11) is 0. The molecular weight excluding hydrogens is 341 g/mol. The van der Waals surface area contributed by atoms with Gasteiger partial charge in [0.25, 0.3) is 0 Å². The van der Waals surface area contributed by atoms with E-state index in [1.54, 1.807) is 0 Å². The summed E-state index contributed by atoms with van der Waals surface area (Å²) in [6.07, 6.45) is -1.30. The van der Waals surface area contributed by atoms with Gasteiger partial charge in [-0.25, -0.2) is 0 Å². The van der Waals surface area contributed by atoms with Crippen molar-refractivity contribution in [3.8, 4) is 0 Å². The monoisotopic (exact) mass is 358 g/mol. The Morgan fingerprint density at radius 1 is 1.33 bits per heavy atom. The van der Waals surface area contributed by atoms with Gasteiger partial charge in [-0.1, -0.05) is 23.7 Å². The highest BCUT2D eigenvalue weighted by atomic mass is 35.5. The molecule has 24 heavy (non-hydrogen) atoms. The minimum absolute atomic E-state index is 0.128. The van der Waals surface area contributed by atoms with Gasteiger partial charge in [0, 0.05) is 49.0 Å². The number of hydrogen-bond acceptors (Lipinski definition) is 3. The van der Waals surface area contributed by atoms with Gasteiger partial charge in [0.15, 0.2) is 0 Å². The third kappa shape index (κ3) is 4.49. The number of hydrogen-bond donors (Lipinski definition) is 1. The maximum Gasteiger partial charge on any atom is 0.408 e. The van der Waals surface area contributed by atoms with Gasteiger partial charge in [-0.05, 0) is 17.7 Å². The molecule has 0 spiro atoms. The quantitative estimate of drug-likeness (QED) is 0.910. The van der Waals surface area contributed by atoms with Crippen LogP contribution in [0.4, 0.5) is 13.2 Å². The molecule has 8 heteroatoms. The molecule has 130 valence electrons. The Labute approximate surface area is 143 Å². The SMILES string of the molecule is FC(F)(F)Cn1cc(CN2CCNCC2c2cccc(Cl)c2)cn1. The average Bonchev–Trinajstić information content (AvgIpc) is 2.93. The molecule has 1 N–H and O–H groups in total. The number of nitrogens with one attached hydrogen (secondary N) is 1. The van der Waals surface area contributed by atoms with Crippen molar-refractivity contribution in [1.82, 2.24) is 20.0 Å². The van der Waals surface area contributed by atoms with Crippen LogP contribution >= 0.6 is 11.6 Å². The molecule has 0 bridgehead atoms. The first-order valence-corrected chi connectivity index (χ1v) is 8.07. The van der Waals surface area contributed by atoms with E-state index in [1.807, 2.05) is 24.3 Å². The predicted molar refractivity (Wildman–Crippen MR) is 85.8 cm³/mol. The molecule has 1 unspecified atom stereocenters. The summed E-state index contributed by atoms with van der Waals surface area (Å²) in [5, 5.41) is 7.84. The van der Waals surface area contributed by atoms with Crippen molar-refractivity contribution in [2.75, 3.05) is 19.6 Å². The maximum absolute atomic E-state index is 12.4. The molecule has 1 saturated heterocycles. The standard InChI is InChI=1S/C16H18ClF3N4/c17-14-3-1-2-13(6-14)15-8-21-4-5-23(15)9-12-7-22-24(10-12)11-16(18,19)20/h1-3,6-7,10,15,21H,4-5,8-9,11H2. The lowest BCUT2D eigenvalue weighted by Gasteiger charge is -2.36. The summed E-state index contributed by atoms with van der Waals surface area (Å²) >= 11 is 6.08. The van der Waals surface area contributed by atoms with Crippen LogP contribution < -0.4 is 5.32 Å². The number of piperazine rings is 1. The average molecular weight is 359 g/mol. The third-order valence-electron chi connectivity index (χ3n) is 4.00. The fraction of sp³-hybridized carbons (Fsp3) is 0.438. The van der Waals surface area contributed by atoms with E-state index in [2.05, 4.69) is 15.3 Å². The summed E-state index contributed by atoms with van der Waals surface area (Å²) in [6.45, 7) is 1.91. The molecule has 1 aromatic heterocycles. The summed E-state index contributed by atoms with van der Waals surface area (Å²) in [5.41, 5.74) is 1.87. The Balaban J connectivity index is 1.72. The van der Waals surface area contributed by atoms with Crippen LogP contribution in [0, 0.1) is 0 Å². The molecule has 3 rings (SSSR count). The van der Waals surface area contributed by atoms with Gasteiger partial charge in [-0.3, -0.25) is 9.58 Å². The highest BCUT2D eigenvalue weighted by molar-refractivity contribution is 6.30. The van der Waals surface area contributed by atoms with E-state index in [1.165, 1.54) is 12.4 Å². The molecule has 0 saturated carbocycles. The highest BCUT2D eigenvalue weighted by Crippen LogP contribution is 2.26. The van der Waals surface area contributed by atoms with E-state index < -0.39 is 12.7 Å². The Morgan fingerprint density at radius 2 is 2.17 bits per heavy atom. The second-order valence-corrected chi connectivity index (χ2v) is 6.34. The van der Waals surface area contributed by atoms with E-state index in [0.29, 0.717) is 11.6 Å². The van der Waals surface area contributed by atoms with Gasteiger partial charge >= 0.3 is 6.18 Å². The molecule has 1 fully saturated rings. The van der Waals surface area contributed by atoms with Gasteiger partial charge in [0.1, 0.15) is 6.54 Å². The van der Waals surface area contributed by atoms with Crippen LogP contribution in [0.15, 0.2) is 36.7 Å². The van der Waals surface area contributed by atoms with E-state index in [9.17, 15) is 13.2 Å². The van der Waals surface area contributed by atoms with E-state index >= 15 is 0 Å². The van der Waals surface area contributed by atoms with Crippen molar-refractivity contribution in [3.63, 3.8) is 0 Å². The van der Waals surface area contributed by atoms with Crippen molar-refractivity contribution in [1.29, 1.82) is 0 Å². The van der Waals surface area contributed by atoms with Gasteiger partial charge in [-0.2, -0.15) is 18.3 Å². The van der Waals surface area contributed by atoms with Gasteiger partial charge < -0.3 is 5.32 Å². The fourth-order valence-corrected chi connectivity index (χ4v) is 3.17. The van der Waals surface area contributed by atoms with Crippen LogP contribution in [0.3, 0.4) is 0 Å². The van der Waals surface area contributed by atoms with E-state index in [0.717, 1.165) is 35.4 Å². The normalized spacial score (nSPS) is 19.6. The molecule has 2 heterocycles. The van der Waals surface area contributed by atoms with Crippen molar-refractivity contribution >= 4 is 11.6 Å². The van der Waals surface area contributed by atoms with Gasteiger partial charge in [-0.15, -0.1) is 0 Å². The lowest BCUT2D eigenvalue weighted by atomic mass is 10.0. The molecule has 1 atom stereocenters. The Bertz CT molecular complexity index is 686. The Hall–Kier alpha value is -1.57. The van der Waals surface area contributed by atoms with Gasteiger partial charge in [0.05, 0.1) is 6.20 Å². The third-order valence-corrected chi connectivity index (χ3v) is 4.24. The molecule has 0 radical (unpaired) electrons. The van der Waals surface area contributed by atoms with Crippen LogP contribution in [-0.2, 0) is 13.1 Å². The van der Waals surface area contributed by atoms with Crippen LogP contribution in [0.25, 0.3) is 0 Å². The molecule has 4 nitrogen and oxygen atoms in total. The van der Waals surface area contributed by atoms with Crippen molar-refractivity contribution in [3.05, 3.63) is 52.8 Å². The molecule has 2 aromatic rings. The fourth-order valence-electron chi connectivity index (χ4n) is 2.97. The first kappa shape index (κ1) is 17.3. The molecule has 1 aliphatic rings.